The molecule has 1 aliphatic carbocycles. The number of aryl methyl sites for hydroxylation is 2. The van der Waals surface area contributed by atoms with Crippen molar-refractivity contribution in [2.45, 2.75) is 51.5 Å². The van der Waals surface area contributed by atoms with E-state index >= 15 is 0 Å². The number of nitrogens with zero attached hydrogens (tertiary/aromatic N) is 1. The minimum absolute atomic E-state index is 0.0614. The predicted molar refractivity (Wildman–Crippen MR) is 107 cm³/mol. The van der Waals surface area contributed by atoms with Gasteiger partial charge in [0, 0.05) is 30.0 Å². The first-order chi connectivity index (χ1) is 13.5. The number of hydrogen-bond donors (Lipinski definition) is 0. The molecule has 7 heteroatoms. The van der Waals surface area contributed by atoms with Crippen LogP contribution >= 0.6 is 0 Å². The molecule has 1 amide bonds. The van der Waals surface area contributed by atoms with Gasteiger partial charge >= 0.3 is 0 Å². The SMILES string of the molecule is CCCN(C(=O)COc1ccc2oc3c(c2c1)CCCC3)[C@@H]1CCS(=O)(=O)C1. The average molecular weight is 406 g/mol. The highest BCUT2D eigenvalue weighted by Gasteiger charge is 2.34. The third-order valence-electron chi connectivity index (χ3n) is 5.72. The monoisotopic (exact) mass is 405 g/mol. The quantitative estimate of drug-likeness (QED) is 0.738. The van der Waals surface area contributed by atoms with Crippen molar-refractivity contribution in [1.29, 1.82) is 0 Å². The van der Waals surface area contributed by atoms with Gasteiger partial charge in [0.05, 0.1) is 11.5 Å². The van der Waals surface area contributed by atoms with Crippen LogP contribution in [0.5, 0.6) is 5.75 Å². The fourth-order valence-electron chi connectivity index (χ4n) is 4.33. The molecule has 2 heterocycles. The molecule has 1 aromatic heterocycles. The molecule has 0 radical (unpaired) electrons. The molecule has 1 saturated heterocycles. The van der Waals surface area contributed by atoms with Gasteiger partial charge in [0.2, 0.25) is 0 Å². The van der Waals surface area contributed by atoms with Crippen LogP contribution in [0, 0.1) is 0 Å². The number of furan rings is 1. The van der Waals surface area contributed by atoms with E-state index in [0.717, 1.165) is 42.4 Å². The molecule has 1 aromatic carbocycles. The Kier molecular flexibility index (Phi) is 5.36. The largest absolute Gasteiger partial charge is 0.484 e. The fourth-order valence-corrected chi connectivity index (χ4v) is 6.06. The molecule has 0 bridgehead atoms. The van der Waals surface area contributed by atoms with Gasteiger partial charge in [-0.1, -0.05) is 6.92 Å². The minimum Gasteiger partial charge on any atom is -0.484 e. The summed E-state index contributed by atoms with van der Waals surface area (Å²) in [7, 11) is -3.03. The molecule has 0 saturated carbocycles. The molecule has 0 unspecified atom stereocenters. The topological polar surface area (TPSA) is 76.8 Å². The lowest BCUT2D eigenvalue weighted by Gasteiger charge is -2.27. The van der Waals surface area contributed by atoms with Crippen LogP contribution in [0.1, 0.15) is 43.9 Å². The summed E-state index contributed by atoms with van der Waals surface area (Å²) in [6, 6.07) is 5.46. The van der Waals surface area contributed by atoms with Crippen LogP contribution in [-0.4, -0.2) is 49.9 Å². The molecule has 1 atom stereocenters. The zero-order chi connectivity index (χ0) is 19.7. The number of benzene rings is 1. The van der Waals surface area contributed by atoms with E-state index in [0.29, 0.717) is 18.7 Å². The number of ether oxygens (including phenoxy) is 1. The lowest BCUT2D eigenvalue weighted by Crippen LogP contribution is -2.44. The third-order valence-corrected chi connectivity index (χ3v) is 7.47. The van der Waals surface area contributed by atoms with Crippen LogP contribution < -0.4 is 4.74 Å². The second-order valence-corrected chi connectivity index (χ2v) is 10.0. The van der Waals surface area contributed by atoms with Gasteiger partial charge in [-0.05, 0) is 50.3 Å². The molecular formula is C21H27NO5S. The molecule has 152 valence electrons. The fraction of sp³-hybridized carbons (Fsp3) is 0.571. The summed E-state index contributed by atoms with van der Waals surface area (Å²) in [6.45, 7) is 2.46. The van der Waals surface area contributed by atoms with Crippen molar-refractivity contribution in [3.05, 3.63) is 29.5 Å². The maximum Gasteiger partial charge on any atom is 0.260 e. The van der Waals surface area contributed by atoms with Gasteiger partial charge in [-0.15, -0.1) is 0 Å². The van der Waals surface area contributed by atoms with Gasteiger partial charge in [-0.25, -0.2) is 8.42 Å². The Morgan fingerprint density at radius 1 is 1.29 bits per heavy atom. The average Bonchev–Trinajstić information content (AvgIpc) is 3.23. The second kappa shape index (κ2) is 7.78. The lowest BCUT2D eigenvalue weighted by molar-refractivity contribution is -0.135. The van der Waals surface area contributed by atoms with Crippen LogP contribution in [0.3, 0.4) is 0 Å². The maximum absolute atomic E-state index is 12.7. The maximum atomic E-state index is 12.7. The molecule has 0 N–H and O–H groups in total. The van der Waals surface area contributed by atoms with E-state index in [-0.39, 0.29) is 30.1 Å². The van der Waals surface area contributed by atoms with Crippen LogP contribution in [0.25, 0.3) is 11.0 Å². The van der Waals surface area contributed by atoms with Crippen molar-refractivity contribution >= 4 is 26.7 Å². The van der Waals surface area contributed by atoms with Crippen molar-refractivity contribution in [3.8, 4) is 5.75 Å². The summed E-state index contributed by atoms with van der Waals surface area (Å²) < 4.78 is 35.3. The molecule has 4 rings (SSSR count). The zero-order valence-corrected chi connectivity index (χ0v) is 17.1. The molecule has 28 heavy (non-hydrogen) atoms. The summed E-state index contributed by atoms with van der Waals surface area (Å²) in [5.74, 6) is 1.79. The van der Waals surface area contributed by atoms with Crippen molar-refractivity contribution < 1.29 is 22.4 Å². The molecule has 1 fully saturated rings. The van der Waals surface area contributed by atoms with Crippen molar-refractivity contribution in [1.82, 2.24) is 4.90 Å². The summed E-state index contributed by atoms with van der Waals surface area (Å²) >= 11 is 0. The zero-order valence-electron chi connectivity index (χ0n) is 16.3. The van der Waals surface area contributed by atoms with Crippen molar-refractivity contribution in [2.75, 3.05) is 24.7 Å². The Hall–Kier alpha value is -2.02. The summed E-state index contributed by atoms with van der Waals surface area (Å²) in [6.07, 6.45) is 5.63. The van der Waals surface area contributed by atoms with Gasteiger partial charge in [0.25, 0.3) is 5.91 Å². The highest BCUT2D eigenvalue weighted by molar-refractivity contribution is 7.91. The standard InChI is InChI=1S/C21H27NO5S/c1-2-10-22(15-9-11-28(24,25)14-15)21(23)13-26-16-7-8-20-18(12-16)17-5-3-4-6-19(17)27-20/h7-8,12,15H,2-6,9-11,13-14H2,1H3/t15-/m1/s1. The highest BCUT2D eigenvalue weighted by Crippen LogP contribution is 2.34. The Labute approximate surface area is 165 Å². The van der Waals surface area contributed by atoms with Crippen LogP contribution in [0.2, 0.25) is 0 Å². The minimum atomic E-state index is -3.03. The Bertz CT molecular complexity index is 978. The molecule has 1 aliphatic heterocycles. The normalized spacial score (nSPS) is 20.8. The van der Waals surface area contributed by atoms with Gasteiger partial charge in [-0.2, -0.15) is 0 Å². The number of carbonyl (C=O) groups excluding carboxylic acids is 1. The van der Waals surface area contributed by atoms with E-state index in [4.69, 9.17) is 9.15 Å². The Morgan fingerprint density at radius 3 is 2.86 bits per heavy atom. The number of fused-ring (bicyclic) bond motifs is 3. The van der Waals surface area contributed by atoms with Gasteiger partial charge < -0.3 is 14.1 Å². The van der Waals surface area contributed by atoms with E-state index in [2.05, 4.69) is 0 Å². The smallest absolute Gasteiger partial charge is 0.260 e. The van der Waals surface area contributed by atoms with E-state index < -0.39 is 9.84 Å². The molecule has 2 aliphatic rings. The first kappa shape index (κ1) is 19.3. The van der Waals surface area contributed by atoms with E-state index in [1.807, 2.05) is 25.1 Å². The molecule has 6 nitrogen and oxygen atoms in total. The van der Waals surface area contributed by atoms with Gasteiger partial charge in [0.15, 0.2) is 16.4 Å². The van der Waals surface area contributed by atoms with E-state index in [9.17, 15) is 13.2 Å². The van der Waals surface area contributed by atoms with E-state index in [1.54, 1.807) is 4.90 Å². The number of amides is 1. The molecular weight excluding hydrogens is 378 g/mol. The number of sulfone groups is 1. The molecule has 2 aromatic rings. The number of rotatable bonds is 6. The van der Waals surface area contributed by atoms with Gasteiger partial charge in [0.1, 0.15) is 17.1 Å². The van der Waals surface area contributed by atoms with E-state index in [1.165, 1.54) is 12.0 Å². The Morgan fingerprint density at radius 2 is 2.11 bits per heavy atom. The number of hydrogen-bond acceptors (Lipinski definition) is 5. The van der Waals surface area contributed by atoms with Crippen molar-refractivity contribution in [2.24, 2.45) is 0 Å². The van der Waals surface area contributed by atoms with Crippen LogP contribution in [0.4, 0.5) is 0 Å². The predicted octanol–water partition coefficient (Wildman–Crippen LogP) is 3.12. The third kappa shape index (κ3) is 3.90. The first-order valence-corrected chi connectivity index (χ1v) is 12.0. The lowest BCUT2D eigenvalue weighted by atomic mass is 9.96. The second-order valence-electron chi connectivity index (χ2n) is 7.80. The summed E-state index contributed by atoms with van der Waals surface area (Å²) in [4.78, 5) is 14.4. The molecule has 0 spiro atoms. The highest BCUT2D eigenvalue weighted by atomic mass is 32.2. The van der Waals surface area contributed by atoms with Crippen LogP contribution in [0.15, 0.2) is 22.6 Å². The number of carbonyl (C=O) groups is 1. The van der Waals surface area contributed by atoms with Crippen molar-refractivity contribution in [3.63, 3.8) is 0 Å². The Balaban J connectivity index is 1.46. The van der Waals surface area contributed by atoms with Crippen LogP contribution in [-0.2, 0) is 27.5 Å². The first-order valence-electron chi connectivity index (χ1n) is 10.1. The summed E-state index contributed by atoms with van der Waals surface area (Å²) in [5, 5.41) is 1.08. The summed E-state index contributed by atoms with van der Waals surface area (Å²) in [5.41, 5.74) is 2.14. The van der Waals surface area contributed by atoms with Gasteiger partial charge in [-0.3, -0.25) is 4.79 Å².